The van der Waals surface area contributed by atoms with E-state index in [0.717, 1.165) is 36.0 Å². The van der Waals surface area contributed by atoms with Gasteiger partial charge in [0, 0.05) is 6.42 Å². The summed E-state index contributed by atoms with van der Waals surface area (Å²) in [5.41, 5.74) is 0.565. The minimum absolute atomic E-state index is 0.565. The Morgan fingerprint density at radius 1 is 1.27 bits per heavy atom. The number of fused-ring (bicyclic) bond motifs is 1. The lowest BCUT2D eigenvalue weighted by atomic mass is 9.53. The molecule has 0 bridgehead atoms. The molecule has 0 heterocycles. The highest BCUT2D eigenvalue weighted by molar-refractivity contribution is 5.08. The molecule has 0 heteroatoms. The molecule has 5 atom stereocenters. The van der Waals surface area contributed by atoms with Crippen LogP contribution in [-0.4, -0.2) is 0 Å². The van der Waals surface area contributed by atoms with E-state index in [1.54, 1.807) is 0 Å². The standard InChI is InChI=1S/C15H24/c1-6-7-8-12-9-15(4,5)14-11(3)10(2)13(12)14/h1,10-14H,7-9H2,2-5H3. The maximum atomic E-state index is 5.38. The molecule has 0 amide bonds. The molecule has 5 unspecified atom stereocenters. The van der Waals surface area contributed by atoms with Crippen LogP contribution >= 0.6 is 0 Å². The predicted octanol–water partition coefficient (Wildman–Crippen LogP) is 3.96. The summed E-state index contributed by atoms with van der Waals surface area (Å²) < 4.78 is 0. The van der Waals surface area contributed by atoms with Crippen LogP contribution in [-0.2, 0) is 0 Å². The van der Waals surface area contributed by atoms with Crippen molar-refractivity contribution in [1.29, 1.82) is 0 Å². The van der Waals surface area contributed by atoms with Crippen LogP contribution in [0.1, 0.15) is 47.0 Å². The smallest absolute Gasteiger partial charge is 0.00888 e. The molecular formula is C15H24. The summed E-state index contributed by atoms with van der Waals surface area (Å²) in [4.78, 5) is 0. The number of hydrogen-bond donors (Lipinski definition) is 0. The fourth-order valence-corrected chi connectivity index (χ4v) is 4.68. The lowest BCUT2D eigenvalue weighted by Gasteiger charge is -2.52. The average Bonchev–Trinajstić information content (AvgIpc) is 2.42. The van der Waals surface area contributed by atoms with Crippen molar-refractivity contribution in [2.45, 2.75) is 47.0 Å². The second-order valence-electron chi connectivity index (χ2n) is 6.52. The van der Waals surface area contributed by atoms with Crippen molar-refractivity contribution < 1.29 is 0 Å². The first-order valence-electron chi connectivity index (χ1n) is 6.42. The first-order chi connectivity index (χ1) is 6.99. The third-order valence-electron chi connectivity index (χ3n) is 5.31. The molecule has 0 aromatic carbocycles. The first-order valence-corrected chi connectivity index (χ1v) is 6.42. The highest BCUT2D eigenvalue weighted by Gasteiger charge is 2.59. The minimum atomic E-state index is 0.565. The zero-order valence-corrected chi connectivity index (χ0v) is 10.6. The highest BCUT2D eigenvalue weighted by Crippen LogP contribution is 2.65. The van der Waals surface area contributed by atoms with E-state index in [4.69, 9.17) is 6.42 Å². The average molecular weight is 204 g/mol. The van der Waals surface area contributed by atoms with Gasteiger partial charge in [0.1, 0.15) is 0 Å². The predicted molar refractivity (Wildman–Crippen MR) is 65.3 cm³/mol. The fraction of sp³-hybridized carbons (Fsp3) is 0.867. The van der Waals surface area contributed by atoms with Crippen LogP contribution in [0.5, 0.6) is 0 Å². The maximum absolute atomic E-state index is 5.38. The fourth-order valence-electron chi connectivity index (χ4n) is 4.68. The summed E-state index contributed by atoms with van der Waals surface area (Å²) in [7, 11) is 0. The number of hydrogen-bond acceptors (Lipinski definition) is 0. The van der Waals surface area contributed by atoms with Crippen molar-refractivity contribution in [3.05, 3.63) is 0 Å². The molecule has 2 fully saturated rings. The van der Waals surface area contributed by atoms with Crippen molar-refractivity contribution in [2.24, 2.45) is 35.0 Å². The molecule has 0 saturated heterocycles. The van der Waals surface area contributed by atoms with Crippen molar-refractivity contribution in [3.63, 3.8) is 0 Å². The van der Waals surface area contributed by atoms with Crippen molar-refractivity contribution in [2.75, 3.05) is 0 Å². The normalized spacial score (nSPS) is 46.7. The first kappa shape index (κ1) is 11.1. The summed E-state index contributed by atoms with van der Waals surface area (Å²) >= 11 is 0. The van der Waals surface area contributed by atoms with E-state index in [0.29, 0.717) is 5.41 Å². The Morgan fingerprint density at radius 3 is 2.53 bits per heavy atom. The number of rotatable bonds is 2. The van der Waals surface area contributed by atoms with Crippen LogP contribution in [0.2, 0.25) is 0 Å². The minimum Gasteiger partial charge on any atom is -0.120 e. The maximum Gasteiger partial charge on any atom is 0.00888 e. The quantitative estimate of drug-likeness (QED) is 0.597. The Hall–Kier alpha value is -0.440. The van der Waals surface area contributed by atoms with E-state index >= 15 is 0 Å². The van der Waals surface area contributed by atoms with Gasteiger partial charge >= 0.3 is 0 Å². The van der Waals surface area contributed by atoms with Crippen LogP contribution < -0.4 is 0 Å². The van der Waals surface area contributed by atoms with Crippen LogP contribution in [0.15, 0.2) is 0 Å². The zero-order valence-electron chi connectivity index (χ0n) is 10.6. The summed E-state index contributed by atoms with van der Waals surface area (Å²) in [5, 5.41) is 0. The van der Waals surface area contributed by atoms with Crippen LogP contribution in [0.25, 0.3) is 0 Å². The second-order valence-corrected chi connectivity index (χ2v) is 6.52. The molecule has 0 radical (unpaired) electrons. The third-order valence-corrected chi connectivity index (χ3v) is 5.31. The number of terminal acetylenes is 1. The highest BCUT2D eigenvalue weighted by atomic mass is 14.6. The van der Waals surface area contributed by atoms with E-state index < -0.39 is 0 Å². The zero-order chi connectivity index (χ0) is 11.2. The Morgan fingerprint density at radius 2 is 1.93 bits per heavy atom. The molecule has 15 heavy (non-hydrogen) atoms. The molecular weight excluding hydrogens is 180 g/mol. The van der Waals surface area contributed by atoms with Gasteiger partial charge in [-0.1, -0.05) is 27.7 Å². The van der Waals surface area contributed by atoms with Gasteiger partial charge in [0.05, 0.1) is 0 Å². The van der Waals surface area contributed by atoms with Crippen LogP contribution in [0.3, 0.4) is 0 Å². The van der Waals surface area contributed by atoms with E-state index in [1.807, 2.05) is 0 Å². The largest absolute Gasteiger partial charge is 0.120 e. The topological polar surface area (TPSA) is 0 Å². The van der Waals surface area contributed by atoms with Crippen molar-refractivity contribution in [3.8, 4) is 12.3 Å². The van der Waals surface area contributed by atoms with Gasteiger partial charge in [0.25, 0.3) is 0 Å². The summed E-state index contributed by atoms with van der Waals surface area (Å²) in [6, 6.07) is 0. The Bertz CT molecular complexity index is 281. The molecule has 0 aromatic heterocycles. The third kappa shape index (κ3) is 1.52. The van der Waals surface area contributed by atoms with Gasteiger partial charge in [-0.15, -0.1) is 12.3 Å². The van der Waals surface area contributed by atoms with E-state index in [1.165, 1.54) is 12.8 Å². The van der Waals surface area contributed by atoms with E-state index in [-0.39, 0.29) is 0 Å². The van der Waals surface area contributed by atoms with Crippen molar-refractivity contribution in [1.82, 2.24) is 0 Å². The summed E-state index contributed by atoms with van der Waals surface area (Å²) in [6.45, 7) is 9.80. The van der Waals surface area contributed by atoms with Gasteiger partial charge in [-0.2, -0.15) is 0 Å². The lowest BCUT2D eigenvalue weighted by molar-refractivity contribution is -0.0409. The summed E-state index contributed by atoms with van der Waals surface area (Å²) in [6.07, 6.45) is 9.03. The Balaban J connectivity index is 2.09. The van der Waals surface area contributed by atoms with Gasteiger partial charge in [0.2, 0.25) is 0 Å². The Labute approximate surface area is 94.8 Å². The summed E-state index contributed by atoms with van der Waals surface area (Å²) in [5.74, 6) is 7.52. The molecule has 2 saturated carbocycles. The molecule has 0 aromatic rings. The lowest BCUT2D eigenvalue weighted by Crippen LogP contribution is -2.47. The van der Waals surface area contributed by atoms with E-state index in [9.17, 15) is 0 Å². The van der Waals surface area contributed by atoms with Crippen LogP contribution in [0, 0.1) is 47.3 Å². The van der Waals surface area contributed by atoms with E-state index in [2.05, 4.69) is 33.6 Å². The molecule has 2 aliphatic carbocycles. The molecule has 84 valence electrons. The molecule has 0 aliphatic heterocycles. The molecule has 0 spiro atoms. The van der Waals surface area contributed by atoms with Gasteiger partial charge in [-0.25, -0.2) is 0 Å². The SMILES string of the molecule is C#CCCC1CC(C)(C)C2C(C)C(C)C12. The van der Waals surface area contributed by atoms with Gasteiger partial charge < -0.3 is 0 Å². The van der Waals surface area contributed by atoms with Gasteiger partial charge in [-0.3, -0.25) is 0 Å². The molecule has 0 N–H and O–H groups in total. The molecule has 0 nitrogen and oxygen atoms in total. The molecule has 2 aliphatic rings. The monoisotopic (exact) mass is 204 g/mol. The van der Waals surface area contributed by atoms with Crippen molar-refractivity contribution >= 4 is 0 Å². The molecule has 2 rings (SSSR count). The van der Waals surface area contributed by atoms with Gasteiger partial charge in [0.15, 0.2) is 0 Å². The van der Waals surface area contributed by atoms with Crippen LogP contribution in [0.4, 0.5) is 0 Å². The second kappa shape index (κ2) is 3.55. The van der Waals surface area contributed by atoms with Gasteiger partial charge in [-0.05, 0) is 47.8 Å². The Kier molecular flexibility index (Phi) is 2.61.